The van der Waals surface area contributed by atoms with Crippen LogP contribution in [0.3, 0.4) is 0 Å². The van der Waals surface area contributed by atoms with Gasteiger partial charge in [-0.1, -0.05) is 13.8 Å². The molecule has 0 heterocycles. The van der Waals surface area contributed by atoms with Crippen molar-refractivity contribution >= 4 is 11.6 Å². The second-order valence-electron chi connectivity index (χ2n) is 4.96. The summed E-state index contributed by atoms with van der Waals surface area (Å²) in [5.74, 6) is -2.11. The van der Waals surface area contributed by atoms with E-state index in [9.17, 15) is 19.8 Å². The molecular weight excluding hydrogens is 248 g/mol. The zero-order valence-corrected chi connectivity index (χ0v) is 11.9. The lowest BCUT2D eigenvalue weighted by molar-refractivity contribution is -0.135. The van der Waals surface area contributed by atoms with Gasteiger partial charge in [0.25, 0.3) is 0 Å². The zero-order chi connectivity index (χ0) is 15.0. The average molecular weight is 268 g/mol. The van der Waals surface area contributed by atoms with Crippen LogP contribution < -0.4 is 0 Å². The summed E-state index contributed by atoms with van der Waals surface area (Å²) in [6.45, 7) is 6.25. The molecule has 0 aromatic carbocycles. The Morgan fingerprint density at radius 1 is 1.47 bits per heavy atom. The van der Waals surface area contributed by atoms with Crippen molar-refractivity contribution in [1.29, 1.82) is 0 Å². The normalized spacial score (nSPS) is 25.7. The van der Waals surface area contributed by atoms with Crippen molar-refractivity contribution in [2.45, 2.75) is 39.7 Å². The number of aliphatic hydroxyl groups is 2. The maximum atomic E-state index is 12.2. The lowest BCUT2D eigenvalue weighted by Gasteiger charge is -2.31. The summed E-state index contributed by atoms with van der Waals surface area (Å²) in [6, 6.07) is 0. The van der Waals surface area contributed by atoms with Crippen LogP contribution >= 0.6 is 0 Å². The minimum Gasteiger partial charge on any atom is -0.507 e. The summed E-state index contributed by atoms with van der Waals surface area (Å²) in [5, 5.41) is 20.3. The number of hydrogen-bond donors (Lipinski definition) is 2. The van der Waals surface area contributed by atoms with Crippen molar-refractivity contribution in [1.82, 2.24) is 0 Å². The summed E-state index contributed by atoms with van der Waals surface area (Å²) in [5.41, 5.74) is -2.06. The van der Waals surface area contributed by atoms with E-state index in [0.717, 1.165) is 0 Å². The molecule has 2 atom stereocenters. The zero-order valence-electron chi connectivity index (χ0n) is 11.9. The second-order valence-corrected chi connectivity index (χ2v) is 4.96. The van der Waals surface area contributed by atoms with Gasteiger partial charge in [-0.2, -0.15) is 0 Å². The predicted octanol–water partition coefficient (Wildman–Crippen LogP) is 1.67. The van der Waals surface area contributed by atoms with Crippen molar-refractivity contribution in [3.63, 3.8) is 0 Å². The van der Waals surface area contributed by atoms with Crippen LogP contribution in [0.1, 0.15) is 34.1 Å². The van der Waals surface area contributed by atoms with Crippen molar-refractivity contribution in [3.05, 3.63) is 22.7 Å². The van der Waals surface area contributed by atoms with Crippen LogP contribution in [0.25, 0.3) is 0 Å². The number of carbonyl (C=O) groups excluding carboxylic acids is 2. The Bertz CT molecular complexity index is 482. The summed E-state index contributed by atoms with van der Waals surface area (Å²) in [7, 11) is 1.30. The summed E-state index contributed by atoms with van der Waals surface area (Å²) >= 11 is 0. The molecule has 0 spiro atoms. The van der Waals surface area contributed by atoms with Crippen LogP contribution in [0.2, 0.25) is 0 Å². The SMILES string of the molecule is CCC(C)C(=O)C1=C(O)C(C)=C(OC)C(C)(O)C1=O. The molecule has 0 aromatic rings. The van der Waals surface area contributed by atoms with Gasteiger partial charge >= 0.3 is 0 Å². The van der Waals surface area contributed by atoms with Crippen molar-refractivity contribution < 1.29 is 24.5 Å². The largest absolute Gasteiger partial charge is 0.507 e. The molecule has 5 nitrogen and oxygen atoms in total. The number of ketones is 2. The van der Waals surface area contributed by atoms with Crippen LogP contribution in [0.5, 0.6) is 0 Å². The molecule has 0 aliphatic heterocycles. The molecule has 19 heavy (non-hydrogen) atoms. The molecule has 1 rings (SSSR count). The number of allylic oxidation sites excluding steroid dienone is 1. The first-order chi connectivity index (χ1) is 8.69. The van der Waals surface area contributed by atoms with E-state index in [4.69, 9.17) is 4.74 Å². The monoisotopic (exact) mass is 268 g/mol. The van der Waals surface area contributed by atoms with Gasteiger partial charge in [-0.25, -0.2) is 0 Å². The van der Waals surface area contributed by atoms with Crippen LogP contribution in [0.4, 0.5) is 0 Å². The van der Waals surface area contributed by atoms with E-state index in [-0.39, 0.29) is 16.9 Å². The average Bonchev–Trinajstić information content (AvgIpc) is 2.36. The van der Waals surface area contributed by atoms with Gasteiger partial charge in [-0.05, 0) is 20.3 Å². The fraction of sp³-hybridized carbons (Fsp3) is 0.571. The lowest BCUT2D eigenvalue weighted by Crippen LogP contribution is -2.45. The summed E-state index contributed by atoms with van der Waals surface area (Å²) in [4.78, 5) is 24.4. The second kappa shape index (κ2) is 5.17. The number of rotatable bonds is 4. The third-order valence-corrected chi connectivity index (χ3v) is 3.55. The first-order valence-corrected chi connectivity index (χ1v) is 6.20. The van der Waals surface area contributed by atoms with Gasteiger partial charge in [0.05, 0.1) is 7.11 Å². The van der Waals surface area contributed by atoms with E-state index < -0.39 is 28.8 Å². The molecule has 106 valence electrons. The number of hydrogen-bond acceptors (Lipinski definition) is 5. The molecule has 0 saturated carbocycles. The molecule has 0 amide bonds. The predicted molar refractivity (Wildman–Crippen MR) is 69.5 cm³/mol. The summed E-state index contributed by atoms with van der Waals surface area (Å²) in [6.07, 6.45) is 0.547. The van der Waals surface area contributed by atoms with Crippen LogP contribution in [-0.4, -0.2) is 34.5 Å². The Labute approximate surface area is 112 Å². The van der Waals surface area contributed by atoms with Gasteiger partial charge in [0.15, 0.2) is 11.4 Å². The first-order valence-electron chi connectivity index (χ1n) is 6.20. The highest BCUT2D eigenvalue weighted by atomic mass is 16.5. The van der Waals surface area contributed by atoms with Crippen molar-refractivity contribution in [2.75, 3.05) is 7.11 Å². The topological polar surface area (TPSA) is 83.8 Å². The summed E-state index contributed by atoms with van der Waals surface area (Å²) < 4.78 is 4.98. The smallest absolute Gasteiger partial charge is 0.209 e. The molecule has 5 heteroatoms. The van der Waals surface area contributed by atoms with E-state index in [2.05, 4.69) is 0 Å². The van der Waals surface area contributed by atoms with E-state index in [0.29, 0.717) is 6.42 Å². The molecule has 0 aromatic heterocycles. The maximum Gasteiger partial charge on any atom is 0.209 e. The number of carbonyl (C=O) groups is 2. The third kappa shape index (κ3) is 2.30. The Morgan fingerprint density at radius 3 is 2.42 bits per heavy atom. The molecule has 2 N–H and O–H groups in total. The van der Waals surface area contributed by atoms with Crippen LogP contribution in [0, 0.1) is 5.92 Å². The number of ether oxygens (including phenoxy) is 1. The van der Waals surface area contributed by atoms with Gasteiger partial charge in [-0.3, -0.25) is 9.59 Å². The molecule has 2 unspecified atom stereocenters. The third-order valence-electron chi connectivity index (χ3n) is 3.55. The molecule has 1 aliphatic rings. The molecular formula is C14H20O5. The number of methoxy groups -OCH3 is 1. The van der Waals surface area contributed by atoms with Crippen LogP contribution in [-0.2, 0) is 14.3 Å². The molecule has 1 aliphatic carbocycles. The highest BCUT2D eigenvalue weighted by Crippen LogP contribution is 2.35. The molecule has 0 saturated heterocycles. The van der Waals surface area contributed by atoms with Crippen molar-refractivity contribution in [3.8, 4) is 0 Å². The van der Waals surface area contributed by atoms with Gasteiger partial charge in [-0.15, -0.1) is 0 Å². The van der Waals surface area contributed by atoms with Gasteiger partial charge in [0, 0.05) is 11.5 Å². The number of aliphatic hydroxyl groups excluding tert-OH is 1. The van der Waals surface area contributed by atoms with Gasteiger partial charge < -0.3 is 14.9 Å². The highest BCUT2D eigenvalue weighted by Gasteiger charge is 2.47. The Kier molecular flexibility index (Phi) is 4.20. The van der Waals surface area contributed by atoms with E-state index in [1.807, 2.05) is 6.92 Å². The number of Topliss-reactive ketones (excluding diaryl/α,β-unsaturated/α-hetero) is 2. The van der Waals surface area contributed by atoms with E-state index >= 15 is 0 Å². The van der Waals surface area contributed by atoms with E-state index in [1.54, 1.807) is 6.92 Å². The van der Waals surface area contributed by atoms with Crippen LogP contribution in [0.15, 0.2) is 22.7 Å². The quantitative estimate of drug-likeness (QED) is 0.758. The minimum atomic E-state index is -1.93. The maximum absolute atomic E-state index is 12.2. The Morgan fingerprint density at radius 2 is 2.00 bits per heavy atom. The molecule has 0 bridgehead atoms. The lowest BCUT2D eigenvalue weighted by atomic mass is 9.79. The van der Waals surface area contributed by atoms with Crippen molar-refractivity contribution in [2.24, 2.45) is 5.92 Å². The van der Waals surface area contributed by atoms with Gasteiger partial charge in [0.2, 0.25) is 5.78 Å². The Balaban J connectivity index is 3.47. The first kappa shape index (κ1) is 15.4. The van der Waals surface area contributed by atoms with Gasteiger partial charge in [0.1, 0.15) is 17.1 Å². The molecule has 0 fully saturated rings. The highest BCUT2D eigenvalue weighted by molar-refractivity contribution is 6.25. The molecule has 0 radical (unpaired) electrons. The van der Waals surface area contributed by atoms with E-state index in [1.165, 1.54) is 21.0 Å². The fourth-order valence-electron chi connectivity index (χ4n) is 2.13. The Hall–Kier alpha value is -1.62. The fourth-order valence-corrected chi connectivity index (χ4v) is 2.13. The minimum absolute atomic E-state index is 0.0318. The standard InChI is InChI=1S/C14H20O5/c1-6-7(2)10(15)9-11(16)8(3)13(19-5)14(4,18)12(9)17/h7,16,18H,6H2,1-5H3.